The number of hydrogen-bond donors (Lipinski definition) is 0. The van der Waals surface area contributed by atoms with Crippen molar-refractivity contribution in [3.63, 3.8) is 0 Å². The van der Waals surface area contributed by atoms with Gasteiger partial charge in [0.15, 0.2) is 0 Å². The maximum Gasteiger partial charge on any atom is 0.0909 e. The van der Waals surface area contributed by atoms with Crippen LogP contribution < -0.4 is 0 Å². The molecule has 4 rings (SSSR count). The van der Waals surface area contributed by atoms with Crippen molar-refractivity contribution in [3.05, 3.63) is 71.8 Å². The molecular formula is C20H20N2. The van der Waals surface area contributed by atoms with Crippen molar-refractivity contribution in [2.75, 3.05) is 0 Å². The lowest BCUT2D eigenvalue weighted by Crippen LogP contribution is -2.36. The largest absolute Gasteiger partial charge is 0.277 e. The van der Waals surface area contributed by atoms with E-state index in [1.807, 2.05) is 0 Å². The molecule has 0 saturated heterocycles. The Labute approximate surface area is 131 Å². The van der Waals surface area contributed by atoms with Crippen LogP contribution in [0.4, 0.5) is 0 Å². The van der Waals surface area contributed by atoms with Gasteiger partial charge in [0.1, 0.15) is 0 Å². The predicted octanol–water partition coefficient (Wildman–Crippen LogP) is 4.29. The first kappa shape index (κ1) is 13.4. The molecule has 0 amide bonds. The molecule has 2 aromatic carbocycles. The fourth-order valence-electron chi connectivity index (χ4n) is 3.46. The highest BCUT2D eigenvalue weighted by atomic mass is 15.0. The van der Waals surface area contributed by atoms with Gasteiger partial charge in [-0.3, -0.25) is 9.98 Å². The molecule has 1 heterocycles. The Kier molecular flexibility index (Phi) is 3.59. The standard InChI is InChI=1S/C20H20N2/c1-3-9-15(10-4-1)19-20(16-11-5-2-6-12-16)22-18-14-8-7-13-17(18)21-19/h1-6,9-12,17-18H,7-8,13-14H2/t17-,18-/m1/s1. The highest BCUT2D eigenvalue weighted by molar-refractivity contribution is 6.53. The first-order valence-electron chi connectivity index (χ1n) is 8.18. The van der Waals surface area contributed by atoms with Gasteiger partial charge in [-0.2, -0.15) is 0 Å². The van der Waals surface area contributed by atoms with E-state index in [2.05, 4.69) is 60.7 Å². The highest BCUT2D eigenvalue weighted by Crippen LogP contribution is 2.29. The predicted molar refractivity (Wildman–Crippen MR) is 92.0 cm³/mol. The molecule has 2 aliphatic rings. The molecule has 0 unspecified atom stereocenters. The first-order chi connectivity index (χ1) is 10.9. The molecule has 2 aromatic rings. The Hall–Kier alpha value is -2.22. The van der Waals surface area contributed by atoms with E-state index in [4.69, 9.17) is 9.98 Å². The second-order valence-corrected chi connectivity index (χ2v) is 6.11. The minimum atomic E-state index is 0.372. The Morgan fingerprint density at radius 3 is 1.41 bits per heavy atom. The molecule has 0 bridgehead atoms. The third-order valence-electron chi connectivity index (χ3n) is 4.60. The average Bonchev–Trinajstić information content (AvgIpc) is 2.62. The third kappa shape index (κ3) is 2.50. The van der Waals surface area contributed by atoms with Gasteiger partial charge in [-0.1, -0.05) is 73.5 Å². The van der Waals surface area contributed by atoms with Crippen LogP contribution in [0.15, 0.2) is 70.6 Å². The molecule has 1 aliphatic carbocycles. The van der Waals surface area contributed by atoms with Crippen molar-refractivity contribution >= 4 is 11.4 Å². The molecule has 2 atom stereocenters. The van der Waals surface area contributed by atoms with E-state index in [0.717, 1.165) is 11.4 Å². The number of hydrogen-bond acceptors (Lipinski definition) is 2. The molecule has 1 aliphatic heterocycles. The van der Waals surface area contributed by atoms with Crippen LogP contribution in [-0.2, 0) is 0 Å². The lowest BCUT2D eigenvalue weighted by Gasteiger charge is -2.31. The van der Waals surface area contributed by atoms with E-state index in [1.54, 1.807) is 0 Å². The summed E-state index contributed by atoms with van der Waals surface area (Å²) in [6.07, 6.45) is 4.91. The zero-order valence-corrected chi connectivity index (χ0v) is 12.7. The van der Waals surface area contributed by atoms with Gasteiger partial charge in [-0.15, -0.1) is 0 Å². The third-order valence-corrected chi connectivity index (χ3v) is 4.60. The smallest absolute Gasteiger partial charge is 0.0909 e. The van der Waals surface area contributed by atoms with Gasteiger partial charge in [0.25, 0.3) is 0 Å². The summed E-state index contributed by atoms with van der Waals surface area (Å²) in [6, 6.07) is 21.7. The summed E-state index contributed by atoms with van der Waals surface area (Å²) < 4.78 is 0. The first-order valence-corrected chi connectivity index (χ1v) is 8.18. The van der Waals surface area contributed by atoms with Crippen LogP contribution in [0.25, 0.3) is 0 Å². The molecule has 1 fully saturated rings. The normalized spacial score (nSPS) is 24.2. The van der Waals surface area contributed by atoms with Gasteiger partial charge >= 0.3 is 0 Å². The maximum absolute atomic E-state index is 5.12. The highest BCUT2D eigenvalue weighted by Gasteiger charge is 2.30. The summed E-state index contributed by atoms with van der Waals surface area (Å²) in [4.78, 5) is 10.2. The Bertz CT molecular complexity index is 638. The lowest BCUT2D eigenvalue weighted by molar-refractivity contribution is 0.386. The SMILES string of the molecule is c1ccc(C2=N[C@@H]3CCCC[C@H]3N=C2c2ccccc2)cc1. The van der Waals surface area contributed by atoms with Crippen LogP contribution in [0.1, 0.15) is 36.8 Å². The van der Waals surface area contributed by atoms with Crippen LogP contribution in [0.3, 0.4) is 0 Å². The fourth-order valence-corrected chi connectivity index (χ4v) is 3.46. The molecular weight excluding hydrogens is 268 g/mol. The molecule has 0 spiro atoms. The van der Waals surface area contributed by atoms with Gasteiger partial charge < -0.3 is 0 Å². The van der Waals surface area contributed by atoms with Crippen molar-refractivity contribution in [2.24, 2.45) is 9.98 Å². The Morgan fingerprint density at radius 1 is 0.591 bits per heavy atom. The van der Waals surface area contributed by atoms with Crippen molar-refractivity contribution in [2.45, 2.75) is 37.8 Å². The van der Waals surface area contributed by atoms with Crippen LogP contribution in [0.5, 0.6) is 0 Å². The topological polar surface area (TPSA) is 24.7 Å². The quantitative estimate of drug-likeness (QED) is 0.787. The van der Waals surface area contributed by atoms with E-state index in [-0.39, 0.29) is 0 Å². The van der Waals surface area contributed by atoms with E-state index in [9.17, 15) is 0 Å². The van der Waals surface area contributed by atoms with Gasteiger partial charge in [0.2, 0.25) is 0 Å². The van der Waals surface area contributed by atoms with Crippen LogP contribution in [0, 0.1) is 0 Å². The fraction of sp³-hybridized carbons (Fsp3) is 0.300. The zero-order valence-electron chi connectivity index (χ0n) is 12.7. The lowest BCUT2D eigenvalue weighted by atomic mass is 9.87. The summed E-state index contributed by atoms with van der Waals surface area (Å²) in [7, 11) is 0. The van der Waals surface area contributed by atoms with Crippen LogP contribution in [0.2, 0.25) is 0 Å². The second kappa shape index (κ2) is 5.88. The minimum Gasteiger partial charge on any atom is -0.277 e. The number of aliphatic imine (C=N–C) groups is 2. The molecule has 110 valence electrons. The molecule has 0 N–H and O–H groups in total. The summed E-state index contributed by atoms with van der Waals surface area (Å²) in [5.41, 5.74) is 4.48. The zero-order chi connectivity index (χ0) is 14.8. The summed E-state index contributed by atoms with van der Waals surface area (Å²) in [5.74, 6) is 0. The van der Waals surface area contributed by atoms with Crippen LogP contribution >= 0.6 is 0 Å². The molecule has 2 heteroatoms. The number of fused-ring (bicyclic) bond motifs is 1. The molecule has 0 aromatic heterocycles. The van der Waals surface area contributed by atoms with Gasteiger partial charge in [0, 0.05) is 11.1 Å². The molecule has 2 nitrogen and oxygen atoms in total. The number of nitrogens with zero attached hydrogens (tertiary/aromatic N) is 2. The average molecular weight is 288 g/mol. The Balaban J connectivity index is 1.81. The summed E-state index contributed by atoms with van der Waals surface area (Å²) >= 11 is 0. The van der Waals surface area contributed by atoms with E-state index < -0.39 is 0 Å². The van der Waals surface area contributed by atoms with E-state index in [1.165, 1.54) is 36.8 Å². The molecule has 0 radical (unpaired) electrons. The van der Waals surface area contributed by atoms with Crippen molar-refractivity contribution in [3.8, 4) is 0 Å². The van der Waals surface area contributed by atoms with Crippen molar-refractivity contribution < 1.29 is 0 Å². The number of benzene rings is 2. The summed E-state index contributed by atoms with van der Waals surface area (Å²) in [6.45, 7) is 0. The second-order valence-electron chi connectivity index (χ2n) is 6.11. The van der Waals surface area contributed by atoms with E-state index >= 15 is 0 Å². The van der Waals surface area contributed by atoms with Gasteiger partial charge in [-0.25, -0.2) is 0 Å². The van der Waals surface area contributed by atoms with Crippen molar-refractivity contribution in [1.29, 1.82) is 0 Å². The minimum absolute atomic E-state index is 0.372. The molecule has 1 saturated carbocycles. The summed E-state index contributed by atoms with van der Waals surface area (Å²) in [5, 5.41) is 0. The van der Waals surface area contributed by atoms with E-state index in [0.29, 0.717) is 12.1 Å². The molecule has 22 heavy (non-hydrogen) atoms. The maximum atomic E-state index is 5.12. The number of rotatable bonds is 2. The van der Waals surface area contributed by atoms with Gasteiger partial charge in [0.05, 0.1) is 23.5 Å². The van der Waals surface area contributed by atoms with Crippen LogP contribution in [-0.4, -0.2) is 23.5 Å². The Morgan fingerprint density at radius 2 is 1.00 bits per heavy atom. The monoisotopic (exact) mass is 288 g/mol. The van der Waals surface area contributed by atoms with Crippen molar-refractivity contribution in [1.82, 2.24) is 0 Å². The van der Waals surface area contributed by atoms with Gasteiger partial charge in [-0.05, 0) is 12.8 Å².